The molecule has 2 aromatic carbocycles. The number of hydrogen-bond donors (Lipinski definition) is 2. The minimum Gasteiger partial charge on any atom is -0.345 e. The van der Waals surface area contributed by atoms with Gasteiger partial charge in [-0.05, 0) is 48.6 Å². The summed E-state index contributed by atoms with van der Waals surface area (Å²) in [5.74, 6) is -0.0809. The maximum atomic E-state index is 13.0. The number of H-pyrrole nitrogens is 1. The van der Waals surface area contributed by atoms with Crippen LogP contribution < -0.4 is 5.32 Å². The molecule has 6 nitrogen and oxygen atoms in total. The highest BCUT2D eigenvalue weighted by molar-refractivity contribution is 5.97. The first-order chi connectivity index (χ1) is 14.0. The van der Waals surface area contributed by atoms with Crippen LogP contribution >= 0.6 is 0 Å². The summed E-state index contributed by atoms with van der Waals surface area (Å²) >= 11 is 0. The van der Waals surface area contributed by atoms with Crippen molar-refractivity contribution in [1.82, 2.24) is 25.1 Å². The van der Waals surface area contributed by atoms with Gasteiger partial charge in [0.2, 0.25) is 0 Å². The molecule has 0 saturated carbocycles. The first kappa shape index (κ1) is 17.7. The normalized spacial score (nSPS) is 17.8. The summed E-state index contributed by atoms with van der Waals surface area (Å²) in [5.41, 5.74) is 5.71. The second kappa shape index (κ2) is 6.58. The Morgan fingerprint density at radius 3 is 2.86 bits per heavy atom. The average molecular weight is 385 g/mol. The Hall–Kier alpha value is -3.41. The molecule has 0 saturated heterocycles. The van der Waals surface area contributed by atoms with Crippen LogP contribution in [0.1, 0.15) is 47.9 Å². The second-order valence-electron chi connectivity index (χ2n) is 8.50. The molecule has 2 aromatic heterocycles. The molecule has 5 rings (SSSR count). The number of amides is 1. The molecule has 0 radical (unpaired) electrons. The molecule has 1 unspecified atom stereocenters. The molecule has 1 aliphatic rings. The third-order valence-corrected chi connectivity index (χ3v) is 5.67. The largest absolute Gasteiger partial charge is 0.345 e. The summed E-state index contributed by atoms with van der Waals surface area (Å²) in [7, 11) is 0. The van der Waals surface area contributed by atoms with Gasteiger partial charge in [0.25, 0.3) is 5.91 Å². The molecule has 6 heteroatoms. The van der Waals surface area contributed by atoms with E-state index < -0.39 is 0 Å². The van der Waals surface area contributed by atoms with Crippen molar-refractivity contribution >= 4 is 16.9 Å². The van der Waals surface area contributed by atoms with Gasteiger partial charge < -0.3 is 10.3 Å². The van der Waals surface area contributed by atoms with Crippen molar-refractivity contribution in [3.8, 4) is 5.69 Å². The number of carbonyl (C=O) groups excluding carboxylic acids is 1. The van der Waals surface area contributed by atoms with Gasteiger partial charge in [0.05, 0.1) is 41.0 Å². The lowest BCUT2D eigenvalue weighted by Gasteiger charge is -2.36. The molecule has 0 fully saturated rings. The molecule has 1 atom stereocenters. The third kappa shape index (κ3) is 3.20. The summed E-state index contributed by atoms with van der Waals surface area (Å²) in [4.78, 5) is 20.3. The topological polar surface area (TPSA) is 75.6 Å². The van der Waals surface area contributed by atoms with E-state index in [4.69, 9.17) is 0 Å². The fourth-order valence-corrected chi connectivity index (χ4v) is 4.28. The third-order valence-electron chi connectivity index (χ3n) is 5.67. The maximum Gasteiger partial charge on any atom is 0.251 e. The Morgan fingerprint density at radius 2 is 2.03 bits per heavy atom. The van der Waals surface area contributed by atoms with Gasteiger partial charge in [-0.15, -0.1) is 0 Å². The SMILES string of the molecule is CC1(C)Cc2c(cnn2-c2ccccc2)C(NC(=O)c2ccc3nc[nH]c3c2)C1. The zero-order valence-electron chi connectivity index (χ0n) is 16.5. The summed E-state index contributed by atoms with van der Waals surface area (Å²) in [6.07, 6.45) is 5.34. The second-order valence-corrected chi connectivity index (χ2v) is 8.50. The van der Waals surface area contributed by atoms with E-state index in [1.165, 1.54) is 5.69 Å². The van der Waals surface area contributed by atoms with Gasteiger partial charge in [-0.2, -0.15) is 5.10 Å². The number of aromatic amines is 1. The monoisotopic (exact) mass is 385 g/mol. The van der Waals surface area contributed by atoms with Crippen molar-refractivity contribution < 1.29 is 4.79 Å². The molecule has 2 heterocycles. The highest BCUT2D eigenvalue weighted by Gasteiger charge is 2.36. The van der Waals surface area contributed by atoms with Gasteiger partial charge >= 0.3 is 0 Å². The molecule has 0 bridgehead atoms. The van der Waals surface area contributed by atoms with Crippen LogP contribution in [0, 0.1) is 5.41 Å². The van der Waals surface area contributed by atoms with E-state index in [1.54, 1.807) is 6.33 Å². The molecule has 1 amide bonds. The summed E-state index contributed by atoms with van der Waals surface area (Å²) in [6, 6.07) is 15.6. The molecule has 146 valence electrons. The lowest BCUT2D eigenvalue weighted by Crippen LogP contribution is -2.36. The molecule has 29 heavy (non-hydrogen) atoms. The van der Waals surface area contributed by atoms with Crippen LogP contribution in [0.15, 0.2) is 61.1 Å². The minimum absolute atomic E-state index is 0.0604. The Balaban J connectivity index is 1.48. The van der Waals surface area contributed by atoms with Crippen LogP contribution in [0.3, 0.4) is 0 Å². The Bertz CT molecular complexity index is 1190. The van der Waals surface area contributed by atoms with Crippen LogP contribution in [0.25, 0.3) is 16.7 Å². The smallest absolute Gasteiger partial charge is 0.251 e. The van der Waals surface area contributed by atoms with Gasteiger partial charge in [-0.25, -0.2) is 9.67 Å². The number of aromatic nitrogens is 4. The van der Waals surface area contributed by atoms with Gasteiger partial charge in [0, 0.05) is 11.1 Å². The number of fused-ring (bicyclic) bond motifs is 2. The lowest BCUT2D eigenvalue weighted by atomic mass is 9.74. The van der Waals surface area contributed by atoms with E-state index in [0.717, 1.165) is 35.1 Å². The van der Waals surface area contributed by atoms with Crippen LogP contribution in [-0.4, -0.2) is 25.7 Å². The van der Waals surface area contributed by atoms with Crippen molar-refractivity contribution in [2.75, 3.05) is 0 Å². The standard InChI is InChI=1S/C23H23N5O/c1-23(2)11-20(27-22(29)15-8-9-18-19(10-15)25-14-24-18)17-13-26-28(21(17)12-23)16-6-4-3-5-7-16/h3-10,13-14,20H,11-12H2,1-2H3,(H,24,25)(H,27,29). The van der Waals surface area contributed by atoms with Crippen LogP contribution in [-0.2, 0) is 6.42 Å². The van der Waals surface area contributed by atoms with Gasteiger partial charge in [-0.3, -0.25) is 4.79 Å². The van der Waals surface area contributed by atoms with Crippen molar-refractivity contribution in [1.29, 1.82) is 0 Å². The zero-order chi connectivity index (χ0) is 20.0. The van der Waals surface area contributed by atoms with Crippen LogP contribution in [0.2, 0.25) is 0 Å². The molecule has 0 aliphatic heterocycles. The van der Waals surface area contributed by atoms with Crippen molar-refractivity contribution in [2.24, 2.45) is 5.41 Å². The predicted octanol–water partition coefficient (Wildman–Crippen LogP) is 4.19. The number of benzene rings is 2. The van der Waals surface area contributed by atoms with E-state index in [9.17, 15) is 4.79 Å². The van der Waals surface area contributed by atoms with Crippen molar-refractivity contribution in [2.45, 2.75) is 32.7 Å². The number of hydrogen-bond acceptors (Lipinski definition) is 3. The van der Waals surface area contributed by atoms with E-state index in [-0.39, 0.29) is 17.4 Å². The van der Waals surface area contributed by atoms with E-state index >= 15 is 0 Å². The van der Waals surface area contributed by atoms with Crippen molar-refractivity contribution in [3.05, 3.63) is 77.9 Å². The van der Waals surface area contributed by atoms with E-state index in [0.29, 0.717) is 5.56 Å². The van der Waals surface area contributed by atoms with E-state index in [1.807, 2.05) is 47.3 Å². The predicted molar refractivity (Wildman–Crippen MR) is 112 cm³/mol. The Morgan fingerprint density at radius 1 is 1.21 bits per heavy atom. The molecule has 0 spiro atoms. The Kier molecular flexibility index (Phi) is 4.01. The fourth-order valence-electron chi connectivity index (χ4n) is 4.28. The Labute approximate surface area is 169 Å². The minimum atomic E-state index is -0.0809. The molecule has 4 aromatic rings. The number of para-hydroxylation sites is 1. The summed E-state index contributed by atoms with van der Waals surface area (Å²) < 4.78 is 2.01. The highest BCUT2D eigenvalue weighted by atomic mass is 16.1. The van der Waals surface area contributed by atoms with Crippen molar-refractivity contribution in [3.63, 3.8) is 0 Å². The number of imidazole rings is 1. The number of carbonyl (C=O) groups is 1. The maximum absolute atomic E-state index is 13.0. The quantitative estimate of drug-likeness (QED) is 0.555. The van der Waals surface area contributed by atoms with Gasteiger partial charge in [-0.1, -0.05) is 32.0 Å². The summed E-state index contributed by atoms with van der Waals surface area (Å²) in [6.45, 7) is 4.49. The highest BCUT2D eigenvalue weighted by Crippen LogP contribution is 2.41. The molecule has 2 N–H and O–H groups in total. The molecule has 1 aliphatic carbocycles. The van der Waals surface area contributed by atoms with E-state index in [2.05, 4.69) is 46.4 Å². The number of nitrogens with zero attached hydrogens (tertiary/aromatic N) is 3. The average Bonchev–Trinajstić information content (AvgIpc) is 3.34. The first-order valence-corrected chi connectivity index (χ1v) is 9.86. The van der Waals surface area contributed by atoms with Gasteiger partial charge in [0.15, 0.2) is 0 Å². The number of rotatable bonds is 3. The molecular weight excluding hydrogens is 362 g/mol. The fraction of sp³-hybridized carbons (Fsp3) is 0.261. The number of nitrogens with one attached hydrogen (secondary N) is 2. The summed E-state index contributed by atoms with van der Waals surface area (Å²) in [5, 5.41) is 7.89. The van der Waals surface area contributed by atoms with Crippen LogP contribution in [0.5, 0.6) is 0 Å². The zero-order valence-corrected chi connectivity index (χ0v) is 16.5. The lowest BCUT2D eigenvalue weighted by molar-refractivity contribution is 0.0919. The van der Waals surface area contributed by atoms with Crippen LogP contribution in [0.4, 0.5) is 0 Å². The van der Waals surface area contributed by atoms with Gasteiger partial charge in [0.1, 0.15) is 0 Å². The first-order valence-electron chi connectivity index (χ1n) is 9.86. The molecular formula is C23H23N5O.